The fourth-order valence-corrected chi connectivity index (χ4v) is 3.60. The predicted molar refractivity (Wildman–Crippen MR) is 111 cm³/mol. The number of carbonyl (C=O) groups is 2. The number of thiazole rings is 1. The van der Waals surface area contributed by atoms with Crippen LogP contribution in [-0.4, -0.2) is 23.3 Å². The van der Waals surface area contributed by atoms with Crippen LogP contribution in [-0.2, 0) is 11.2 Å². The summed E-state index contributed by atoms with van der Waals surface area (Å²) in [6.45, 7) is 5.79. The highest BCUT2D eigenvalue weighted by molar-refractivity contribution is 7.14. The molecule has 0 fully saturated rings. The molecular weight excluding hydrogens is 374 g/mol. The molecule has 0 unspecified atom stereocenters. The van der Waals surface area contributed by atoms with Gasteiger partial charge in [-0.25, -0.2) is 4.98 Å². The normalized spacial score (nSPS) is 10.7. The summed E-state index contributed by atoms with van der Waals surface area (Å²) in [5, 5.41) is 8.11. The molecule has 2 aromatic heterocycles. The van der Waals surface area contributed by atoms with Gasteiger partial charge in [0, 0.05) is 24.4 Å². The van der Waals surface area contributed by atoms with Crippen LogP contribution >= 0.6 is 11.3 Å². The lowest BCUT2D eigenvalue weighted by molar-refractivity contribution is -0.118. The third-order valence-electron chi connectivity index (χ3n) is 4.28. The lowest BCUT2D eigenvalue weighted by Gasteiger charge is -2.04. The first-order chi connectivity index (χ1) is 13.4. The van der Waals surface area contributed by atoms with E-state index in [0.717, 1.165) is 24.1 Å². The second kappa shape index (κ2) is 8.84. The zero-order valence-corrected chi connectivity index (χ0v) is 17.0. The van der Waals surface area contributed by atoms with Crippen LogP contribution in [0.1, 0.15) is 40.8 Å². The minimum Gasteiger partial charge on any atom is -0.466 e. The molecule has 7 heteroatoms. The lowest BCUT2D eigenvalue weighted by Crippen LogP contribution is -2.21. The highest BCUT2D eigenvalue weighted by Crippen LogP contribution is 2.26. The Balaban J connectivity index is 1.59. The summed E-state index contributed by atoms with van der Waals surface area (Å²) in [5.41, 5.74) is 3.56. The summed E-state index contributed by atoms with van der Waals surface area (Å²) in [4.78, 5) is 27.8. The van der Waals surface area contributed by atoms with Crippen molar-refractivity contribution in [3.63, 3.8) is 0 Å². The van der Waals surface area contributed by atoms with Crippen molar-refractivity contribution >= 4 is 28.3 Å². The molecule has 3 aromatic rings. The summed E-state index contributed by atoms with van der Waals surface area (Å²) in [6, 6.07) is 9.91. The summed E-state index contributed by atoms with van der Waals surface area (Å²) >= 11 is 1.39. The smallest absolute Gasteiger partial charge is 0.260 e. The van der Waals surface area contributed by atoms with Gasteiger partial charge in [0.05, 0.1) is 11.3 Å². The molecule has 0 aliphatic rings. The van der Waals surface area contributed by atoms with E-state index in [2.05, 4.69) is 27.8 Å². The first-order valence-corrected chi connectivity index (χ1v) is 9.98. The number of nitrogens with zero attached hydrogens (tertiary/aromatic N) is 1. The molecule has 146 valence electrons. The van der Waals surface area contributed by atoms with Crippen LogP contribution in [0.4, 0.5) is 5.13 Å². The SMILES string of the molecule is CC(=O)NCCCc1ccc(-c2csc(NC(=O)c3cc(C)oc3C)n2)cc1. The summed E-state index contributed by atoms with van der Waals surface area (Å²) < 4.78 is 5.41. The number of amides is 2. The molecule has 0 aliphatic carbocycles. The Kier molecular flexibility index (Phi) is 6.26. The molecule has 3 rings (SSSR count). The molecule has 0 radical (unpaired) electrons. The predicted octanol–water partition coefficient (Wildman–Crippen LogP) is 4.34. The van der Waals surface area contributed by atoms with E-state index in [-0.39, 0.29) is 11.8 Å². The molecular formula is C21H23N3O3S. The summed E-state index contributed by atoms with van der Waals surface area (Å²) in [7, 11) is 0. The maximum atomic E-state index is 12.4. The van der Waals surface area contributed by atoms with Crippen LogP contribution in [0.5, 0.6) is 0 Å². The van der Waals surface area contributed by atoms with E-state index in [0.29, 0.717) is 28.8 Å². The molecule has 0 saturated heterocycles. The van der Waals surface area contributed by atoms with E-state index >= 15 is 0 Å². The monoisotopic (exact) mass is 397 g/mol. The number of anilines is 1. The van der Waals surface area contributed by atoms with Crippen molar-refractivity contribution in [1.29, 1.82) is 0 Å². The molecule has 0 saturated carbocycles. The Morgan fingerprint density at radius 2 is 1.93 bits per heavy atom. The number of aromatic nitrogens is 1. The molecule has 0 bridgehead atoms. The van der Waals surface area contributed by atoms with Crippen molar-refractivity contribution in [2.75, 3.05) is 11.9 Å². The van der Waals surface area contributed by atoms with Crippen molar-refractivity contribution in [3.05, 3.63) is 58.4 Å². The van der Waals surface area contributed by atoms with Crippen LogP contribution in [0.25, 0.3) is 11.3 Å². The van der Waals surface area contributed by atoms with E-state index in [4.69, 9.17) is 4.42 Å². The van der Waals surface area contributed by atoms with Gasteiger partial charge in [0.1, 0.15) is 11.5 Å². The van der Waals surface area contributed by atoms with Gasteiger partial charge >= 0.3 is 0 Å². The molecule has 0 aliphatic heterocycles. The molecule has 28 heavy (non-hydrogen) atoms. The van der Waals surface area contributed by atoms with Crippen LogP contribution in [0.15, 0.2) is 40.1 Å². The van der Waals surface area contributed by atoms with Crippen molar-refractivity contribution in [2.45, 2.75) is 33.6 Å². The van der Waals surface area contributed by atoms with Gasteiger partial charge in [-0.3, -0.25) is 14.9 Å². The topological polar surface area (TPSA) is 84.2 Å². The molecule has 2 heterocycles. The number of benzene rings is 1. The largest absolute Gasteiger partial charge is 0.466 e. The number of furan rings is 1. The van der Waals surface area contributed by atoms with Crippen LogP contribution in [0.3, 0.4) is 0 Å². The van der Waals surface area contributed by atoms with Gasteiger partial charge in [0.2, 0.25) is 5.91 Å². The first-order valence-electron chi connectivity index (χ1n) is 9.10. The maximum Gasteiger partial charge on any atom is 0.260 e. The number of carbonyl (C=O) groups excluding carboxylic acids is 2. The highest BCUT2D eigenvalue weighted by Gasteiger charge is 2.15. The van der Waals surface area contributed by atoms with Crippen molar-refractivity contribution in [1.82, 2.24) is 10.3 Å². The van der Waals surface area contributed by atoms with E-state index in [1.54, 1.807) is 13.0 Å². The Morgan fingerprint density at radius 1 is 1.18 bits per heavy atom. The van der Waals surface area contributed by atoms with Crippen molar-refractivity contribution < 1.29 is 14.0 Å². The van der Waals surface area contributed by atoms with E-state index in [1.807, 2.05) is 24.4 Å². The average Bonchev–Trinajstić information content (AvgIpc) is 3.25. The minimum absolute atomic E-state index is 0.000148. The van der Waals surface area contributed by atoms with Crippen molar-refractivity contribution in [2.24, 2.45) is 0 Å². The zero-order chi connectivity index (χ0) is 20.1. The standard InChI is InChI=1S/C21H23N3O3S/c1-13-11-18(14(2)27-13)20(26)24-21-23-19(12-28-21)17-8-6-16(7-9-17)5-4-10-22-15(3)25/h6-9,11-12H,4-5,10H2,1-3H3,(H,22,25)(H,23,24,26). The number of nitrogens with one attached hydrogen (secondary N) is 2. The lowest BCUT2D eigenvalue weighted by atomic mass is 10.1. The van der Waals surface area contributed by atoms with Gasteiger partial charge in [-0.05, 0) is 38.3 Å². The van der Waals surface area contributed by atoms with Crippen molar-refractivity contribution in [3.8, 4) is 11.3 Å². The maximum absolute atomic E-state index is 12.4. The van der Waals surface area contributed by atoms with Crippen LogP contribution in [0, 0.1) is 13.8 Å². The first kappa shape index (κ1) is 19.8. The number of aryl methyl sites for hydroxylation is 3. The van der Waals surface area contributed by atoms with Crippen LogP contribution in [0.2, 0.25) is 0 Å². The van der Waals surface area contributed by atoms with Crippen LogP contribution < -0.4 is 10.6 Å². The Bertz CT molecular complexity index is 973. The quantitative estimate of drug-likeness (QED) is 0.581. The highest BCUT2D eigenvalue weighted by atomic mass is 32.1. The van der Waals surface area contributed by atoms with Gasteiger partial charge in [-0.2, -0.15) is 0 Å². The Hall–Kier alpha value is -2.93. The third-order valence-corrected chi connectivity index (χ3v) is 5.03. The third kappa shape index (κ3) is 5.07. The van der Waals surface area contributed by atoms with Gasteiger partial charge < -0.3 is 9.73 Å². The zero-order valence-electron chi connectivity index (χ0n) is 16.2. The molecule has 6 nitrogen and oxygen atoms in total. The Morgan fingerprint density at radius 3 is 2.57 bits per heavy atom. The van der Waals surface area contributed by atoms with E-state index < -0.39 is 0 Å². The van der Waals surface area contributed by atoms with Gasteiger partial charge in [-0.15, -0.1) is 11.3 Å². The summed E-state index contributed by atoms with van der Waals surface area (Å²) in [6.07, 6.45) is 1.81. The molecule has 2 amide bonds. The minimum atomic E-state index is -0.218. The number of hydrogen-bond acceptors (Lipinski definition) is 5. The fraction of sp³-hybridized carbons (Fsp3) is 0.286. The van der Waals surface area contributed by atoms with E-state index in [1.165, 1.54) is 23.8 Å². The average molecular weight is 398 g/mol. The van der Waals surface area contributed by atoms with Gasteiger partial charge in [0.15, 0.2) is 5.13 Å². The molecule has 0 atom stereocenters. The van der Waals surface area contributed by atoms with E-state index in [9.17, 15) is 9.59 Å². The Labute approximate surface area is 168 Å². The second-order valence-corrected chi connectivity index (χ2v) is 7.46. The van der Waals surface area contributed by atoms with Gasteiger partial charge in [-0.1, -0.05) is 24.3 Å². The molecule has 1 aromatic carbocycles. The molecule has 2 N–H and O–H groups in total. The number of hydrogen-bond donors (Lipinski definition) is 2. The number of rotatable bonds is 7. The van der Waals surface area contributed by atoms with Gasteiger partial charge in [0.25, 0.3) is 5.91 Å². The molecule has 0 spiro atoms. The summed E-state index contributed by atoms with van der Waals surface area (Å²) in [5.74, 6) is 1.09. The fourth-order valence-electron chi connectivity index (χ4n) is 2.88. The second-order valence-electron chi connectivity index (χ2n) is 6.60.